The van der Waals surface area contributed by atoms with Gasteiger partial charge >= 0.3 is 8.80 Å². The Balaban J connectivity index is 1.27. The van der Waals surface area contributed by atoms with Crippen molar-refractivity contribution in [2.45, 2.75) is 91.1 Å². The van der Waals surface area contributed by atoms with Crippen LogP contribution in [0.1, 0.15) is 52.8 Å². The van der Waals surface area contributed by atoms with E-state index in [0.717, 1.165) is 17.0 Å². The molecule has 2 fully saturated rings. The third-order valence-electron chi connectivity index (χ3n) is 7.56. The van der Waals surface area contributed by atoms with Crippen LogP contribution >= 0.6 is 0 Å². The first-order valence-electron chi connectivity index (χ1n) is 13.5. The molecule has 1 amide bonds. The van der Waals surface area contributed by atoms with E-state index in [1.54, 1.807) is 16.7 Å². The van der Waals surface area contributed by atoms with Crippen LogP contribution < -0.4 is 10.1 Å². The Kier molecular flexibility index (Phi) is 8.63. The van der Waals surface area contributed by atoms with Crippen molar-refractivity contribution in [2.24, 2.45) is 11.8 Å². The Morgan fingerprint density at radius 1 is 1.11 bits per heavy atom. The summed E-state index contributed by atoms with van der Waals surface area (Å²) in [5.74, 6) is 1.56. The summed E-state index contributed by atoms with van der Waals surface area (Å²) < 4.78 is 26.4. The second-order valence-corrected chi connectivity index (χ2v) is 14.3. The van der Waals surface area contributed by atoms with Crippen molar-refractivity contribution in [1.29, 1.82) is 0 Å². The molecule has 0 bridgehead atoms. The molecule has 2 aromatic rings. The average molecular weight is 546 g/mol. The van der Waals surface area contributed by atoms with Gasteiger partial charge in [0, 0.05) is 26.7 Å². The third kappa shape index (κ3) is 6.28. The van der Waals surface area contributed by atoms with E-state index in [4.69, 9.17) is 18.0 Å². The topological polar surface area (TPSA) is 100.0 Å². The van der Waals surface area contributed by atoms with E-state index in [-0.39, 0.29) is 29.8 Å². The number of nitrogens with zero attached hydrogens (tertiary/aromatic N) is 4. The molecule has 0 saturated carbocycles. The summed E-state index contributed by atoms with van der Waals surface area (Å²) in [4.78, 5) is 14.3. The number of likely N-dealkylation sites (N-methyl/N-ethyl adjacent to an activating group) is 1. The molecule has 210 valence electrons. The van der Waals surface area contributed by atoms with E-state index >= 15 is 0 Å². The Morgan fingerprint density at radius 3 is 2.26 bits per heavy atom. The van der Waals surface area contributed by atoms with Crippen LogP contribution in [-0.4, -0.2) is 72.7 Å². The van der Waals surface area contributed by atoms with Gasteiger partial charge < -0.3 is 22.9 Å². The lowest BCUT2D eigenvalue weighted by Gasteiger charge is -2.27. The molecule has 0 aliphatic carbocycles. The molecule has 10 nitrogen and oxygen atoms in total. The van der Waals surface area contributed by atoms with Crippen LogP contribution in [0.3, 0.4) is 0 Å². The number of amides is 1. The summed E-state index contributed by atoms with van der Waals surface area (Å²) >= 11 is 0. The maximum absolute atomic E-state index is 12.5. The standard InChI is InChI=1S/C27H43N5O5Si/c1-18(2)24-25(19(3)4)37-38(34-8,36-24)14-13-32-16-21(29-30-32)17-35-22-11-9-20(10-12-22)15-23-26(33)31(7)27(5,6)28-23/h9-12,16,18-19,23-25,28H,13-15,17H2,1-8H3/t23-,24?,25?,38?/m0/s1. The number of hydrogen-bond donors (Lipinski definition) is 1. The highest BCUT2D eigenvalue weighted by Crippen LogP contribution is 2.36. The molecule has 2 unspecified atom stereocenters. The first kappa shape index (κ1) is 28.7. The number of rotatable bonds is 11. The average Bonchev–Trinajstić information content (AvgIpc) is 3.55. The van der Waals surface area contributed by atoms with Crippen LogP contribution in [0.15, 0.2) is 30.5 Å². The highest BCUT2D eigenvalue weighted by Gasteiger charge is 2.54. The SMILES string of the molecule is CO[Si]1(CCn2cc(COc3ccc(C[C@@H]4NC(C)(C)N(C)C4=O)cc3)nn2)OC(C(C)C)C(C(C)C)O1. The fraction of sp³-hybridized carbons (Fsp3) is 0.667. The molecule has 2 aliphatic heterocycles. The van der Waals surface area contributed by atoms with Crippen LogP contribution in [0.25, 0.3) is 0 Å². The number of ether oxygens (including phenoxy) is 1. The van der Waals surface area contributed by atoms with Gasteiger partial charge in [0.05, 0.1) is 30.1 Å². The minimum atomic E-state index is -2.79. The molecular formula is C27H43N5O5Si. The summed E-state index contributed by atoms with van der Waals surface area (Å²) in [6.45, 7) is 13.6. The van der Waals surface area contributed by atoms with Gasteiger partial charge in [-0.1, -0.05) is 45.0 Å². The monoisotopic (exact) mass is 545 g/mol. The highest BCUT2D eigenvalue weighted by atomic mass is 28.4. The second kappa shape index (κ2) is 11.4. The van der Waals surface area contributed by atoms with Crippen molar-refractivity contribution < 1.29 is 22.8 Å². The fourth-order valence-electron chi connectivity index (χ4n) is 5.04. The predicted molar refractivity (Wildman–Crippen MR) is 145 cm³/mol. The van der Waals surface area contributed by atoms with Gasteiger partial charge in [-0.3, -0.25) is 14.8 Å². The molecule has 1 aromatic carbocycles. The minimum Gasteiger partial charge on any atom is -0.487 e. The van der Waals surface area contributed by atoms with Crippen molar-refractivity contribution in [3.63, 3.8) is 0 Å². The molecule has 1 aromatic heterocycles. The molecule has 11 heteroatoms. The lowest BCUT2D eigenvalue weighted by molar-refractivity contribution is -0.129. The van der Waals surface area contributed by atoms with Crippen molar-refractivity contribution >= 4 is 14.7 Å². The van der Waals surface area contributed by atoms with Crippen molar-refractivity contribution in [2.75, 3.05) is 14.2 Å². The van der Waals surface area contributed by atoms with Gasteiger partial charge in [0.25, 0.3) is 0 Å². The first-order valence-corrected chi connectivity index (χ1v) is 15.4. The van der Waals surface area contributed by atoms with E-state index in [9.17, 15) is 4.79 Å². The fourth-order valence-corrected chi connectivity index (χ4v) is 7.87. The Morgan fingerprint density at radius 2 is 1.74 bits per heavy atom. The molecule has 1 N–H and O–H groups in total. The van der Waals surface area contributed by atoms with Crippen LogP contribution in [0.2, 0.25) is 6.04 Å². The number of nitrogens with one attached hydrogen (secondary N) is 1. The van der Waals surface area contributed by atoms with Gasteiger partial charge in [-0.2, -0.15) is 0 Å². The Bertz CT molecular complexity index is 1070. The van der Waals surface area contributed by atoms with Crippen LogP contribution in [0.4, 0.5) is 0 Å². The molecule has 0 radical (unpaired) electrons. The zero-order valence-corrected chi connectivity index (χ0v) is 24.9. The minimum absolute atomic E-state index is 0.0378. The molecule has 3 heterocycles. The van der Waals surface area contributed by atoms with Crippen molar-refractivity contribution in [3.8, 4) is 5.75 Å². The smallest absolute Gasteiger partial charge is 0.487 e. The number of aryl methyl sites for hydroxylation is 1. The number of aromatic nitrogens is 3. The van der Waals surface area contributed by atoms with E-state index in [0.29, 0.717) is 37.5 Å². The van der Waals surface area contributed by atoms with Crippen molar-refractivity contribution in [1.82, 2.24) is 25.2 Å². The number of carbonyl (C=O) groups excluding carboxylic acids is 1. The van der Waals surface area contributed by atoms with Crippen LogP contribution in [0, 0.1) is 11.8 Å². The maximum Gasteiger partial charge on any atom is 0.503 e. The van der Waals surface area contributed by atoms with Gasteiger partial charge in [-0.05, 0) is 49.8 Å². The first-order chi connectivity index (χ1) is 17.9. The zero-order valence-electron chi connectivity index (χ0n) is 23.9. The summed E-state index contributed by atoms with van der Waals surface area (Å²) in [5, 5.41) is 11.9. The third-order valence-corrected chi connectivity index (χ3v) is 10.3. The quantitative estimate of drug-likeness (QED) is 0.430. The molecule has 0 spiro atoms. The van der Waals surface area contributed by atoms with E-state index in [1.165, 1.54) is 0 Å². The van der Waals surface area contributed by atoms with Gasteiger partial charge in [-0.15, -0.1) is 5.10 Å². The number of benzene rings is 1. The largest absolute Gasteiger partial charge is 0.503 e. The number of hydrogen-bond acceptors (Lipinski definition) is 8. The lowest BCUT2D eigenvalue weighted by atomic mass is 9.94. The van der Waals surface area contributed by atoms with Crippen LogP contribution in [-0.2, 0) is 37.6 Å². The molecule has 3 atom stereocenters. The van der Waals surface area contributed by atoms with Gasteiger partial charge in [-0.25, -0.2) is 0 Å². The van der Waals surface area contributed by atoms with E-state index < -0.39 is 8.80 Å². The van der Waals surface area contributed by atoms with E-state index in [1.807, 2.05) is 51.4 Å². The summed E-state index contributed by atoms with van der Waals surface area (Å²) in [6.07, 6.45) is 2.60. The normalized spacial score (nSPS) is 27.2. The highest BCUT2D eigenvalue weighted by molar-refractivity contribution is 6.61. The lowest BCUT2D eigenvalue weighted by Crippen LogP contribution is -2.45. The Hall–Kier alpha value is -2.31. The Labute approximate surface area is 227 Å². The second-order valence-electron chi connectivity index (χ2n) is 11.6. The summed E-state index contributed by atoms with van der Waals surface area (Å²) in [7, 11) is 0.728. The van der Waals surface area contributed by atoms with Gasteiger partial charge in [0.1, 0.15) is 18.1 Å². The molecule has 2 aliphatic rings. The number of carbonyl (C=O) groups is 1. The van der Waals surface area contributed by atoms with Crippen molar-refractivity contribution in [3.05, 3.63) is 41.7 Å². The zero-order chi connectivity index (χ0) is 27.7. The molecular weight excluding hydrogens is 502 g/mol. The summed E-state index contributed by atoms with van der Waals surface area (Å²) in [6, 6.07) is 8.26. The molecule has 38 heavy (non-hydrogen) atoms. The molecule has 4 rings (SSSR count). The predicted octanol–water partition coefficient (Wildman–Crippen LogP) is 3.25. The summed E-state index contributed by atoms with van der Waals surface area (Å²) in [5.41, 5.74) is 1.48. The molecule has 2 saturated heterocycles. The van der Waals surface area contributed by atoms with E-state index in [2.05, 4.69) is 43.3 Å². The maximum atomic E-state index is 12.5. The van der Waals surface area contributed by atoms with Gasteiger partial charge in [0.2, 0.25) is 5.91 Å². The van der Waals surface area contributed by atoms with Gasteiger partial charge in [0.15, 0.2) is 0 Å². The van der Waals surface area contributed by atoms with Crippen LogP contribution in [0.5, 0.6) is 5.75 Å².